The van der Waals surface area contributed by atoms with E-state index in [1.807, 2.05) is 0 Å². The van der Waals surface area contributed by atoms with Crippen LogP contribution in [0.15, 0.2) is 48.6 Å². The summed E-state index contributed by atoms with van der Waals surface area (Å²) in [6.45, 7) is 4.97. The van der Waals surface area contributed by atoms with Crippen molar-refractivity contribution in [1.29, 1.82) is 0 Å². The van der Waals surface area contributed by atoms with E-state index in [0.717, 1.165) is 57.8 Å². The van der Waals surface area contributed by atoms with Gasteiger partial charge in [0, 0.05) is 12.8 Å². The van der Waals surface area contributed by atoms with E-state index in [0.29, 0.717) is 25.9 Å². The number of carbonyl (C=O) groups excluding carboxylic acids is 2. The van der Waals surface area contributed by atoms with E-state index in [1.165, 1.54) is 366 Å². The third-order valence-electron chi connectivity index (χ3n) is 19.4. The van der Waals surface area contributed by atoms with Gasteiger partial charge in [-0.15, -0.1) is 0 Å². The van der Waals surface area contributed by atoms with Crippen LogP contribution in [0.2, 0.25) is 0 Å². The molecule has 0 saturated heterocycles. The molecule has 0 aliphatic carbocycles. The zero-order valence-corrected chi connectivity index (χ0v) is 61.6. The number of esters is 1. The SMILES string of the molecule is CCCCC/C=C\C/C=C\CCCCCCCCCC(=O)OCCCCCCCCCCCCCCCCC/C=C\C/C=C\CCCCCCCCCCCCCCCCCCCC(=O)NC(CO)C(O)CCCCCCCCCCCCCCCCCCCC. The Kier molecular flexibility index (Phi) is 78.3. The quantitative estimate of drug-likeness (QED) is 0.0320. The minimum Gasteiger partial charge on any atom is -0.466 e. The van der Waals surface area contributed by atoms with Gasteiger partial charge in [-0.05, 0) is 89.9 Å². The highest BCUT2D eigenvalue weighted by atomic mass is 16.5. The molecule has 6 heteroatoms. The molecule has 0 aliphatic rings. The van der Waals surface area contributed by atoms with E-state index >= 15 is 0 Å². The van der Waals surface area contributed by atoms with Crippen molar-refractivity contribution in [2.24, 2.45) is 0 Å². The van der Waals surface area contributed by atoms with E-state index in [9.17, 15) is 19.8 Å². The van der Waals surface area contributed by atoms with Crippen LogP contribution in [0.3, 0.4) is 0 Å². The van der Waals surface area contributed by atoms with Gasteiger partial charge in [0.1, 0.15) is 0 Å². The minimum absolute atomic E-state index is 0.0130. The Morgan fingerprint density at radius 1 is 0.308 bits per heavy atom. The Morgan fingerprint density at radius 3 is 0.857 bits per heavy atom. The molecule has 0 fully saturated rings. The molecule has 1 amide bonds. The predicted octanol–water partition coefficient (Wildman–Crippen LogP) is 27.5. The molecule has 3 N–H and O–H groups in total. The number of unbranched alkanes of at least 4 members (excludes halogenated alkanes) is 59. The van der Waals surface area contributed by atoms with Crippen molar-refractivity contribution >= 4 is 11.9 Å². The largest absolute Gasteiger partial charge is 0.466 e. The van der Waals surface area contributed by atoms with Crippen molar-refractivity contribution in [2.45, 2.75) is 469 Å². The summed E-state index contributed by atoms with van der Waals surface area (Å²) in [5.41, 5.74) is 0. The molecule has 0 saturated carbocycles. The lowest BCUT2D eigenvalue weighted by Crippen LogP contribution is -2.45. The van der Waals surface area contributed by atoms with Crippen molar-refractivity contribution < 1.29 is 24.5 Å². The van der Waals surface area contributed by atoms with Crippen LogP contribution in [-0.4, -0.2) is 47.4 Å². The van der Waals surface area contributed by atoms with Gasteiger partial charge in [0.05, 0.1) is 25.4 Å². The smallest absolute Gasteiger partial charge is 0.305 e. The third-order valence-corrected chi connectivity index (χ3v) is 19.4. The molecule has 0 aromatic carbocycles. The Labute approximate surface area is 569 Å². The molecule has 0 spiro atoms. The van der Waals surface area contributed by atoms with Crippen LogP contribution in [0, 0.1) is 0 Å². The number of aliphatic hydroxyl groups is 2. The highest BCUT2D eigenvalue weighted by Gasteiger charge is 2.20. The average molecular weight is 1280 g/mol. The summed E-state index contributed by atoms with van der Waals surface area (Å²) in [5.74, 6) is -0.0147. The van der Waals surface area contributed by atoms with Gasteiger partial charge in [-0.3, -0.25) is 9.59 Å². The van der Waals surface area contributed by atoms with E-state index in [4.69, 9.17) is 4.74 Å². The third kappa shape index (κ3) is 76.7. The molecule has 6 nitrogen and oxygen atoms in total. The molecule has 0 aliphatic heterocycles. The number of carbonyl (C=O) groups is 2. The summed E-state index contributed by atoms with van der Waals surface area (Å²) in [6, 6.07) is -0.540. The average Bonchev–Trinajstić information content (AvgIpc) is 3.73. The van der Waals surface area contributed by atoms with Gasteiger partial charge < -0.3 is 20.3 Å². The first-order valence-electron chi connectivity index (χ1n) is 41.4. The summed E-state index contributed by atoms with van der Waals surface area (Å²) < 4.78 is 5.51. The Balaban J connectivity index is 3.35. The first-order chi connectivity index (χ1) is 45.0. The number of ether oxygens (including phenoxy) is 1. The standard InChI is InChI=1S/C85H161NO5/c1-3-5-7-9-11-13-15-17-19-21-46-49-53-57-61-65-69-73-77-83(88)82(81-87)86-84(89)78-74-70-66-62-58-54-50-47-43-41-39-37-35-33-31-29-27-25-23-22-24-26-28-30-32-34-36-38-40-42-44-48-52-56-60-64-68-72-76-80-91-85(90)79-75-71-67-63-59-55-51-45-20-18-16-14-12-10-8-6-4-2/h12,14,18,20,22-23,26,28,82-83,87-88H,3-11,13,15-17,19,21,24-25,27,29-81H2,1-2H3,(H,86,89)/b14-12-,20-18-,23-22-,28-26-. The van der Waals surface area contributed by atoms with Gasteiger partial charge in [-0.2, -0.15) is 0 Å². The molecule has 91 heavy (non-hydrogen) atoms. The second-order valence-electron chi connectivity index (χ2n) is 28.5. The van der Waals surface area contributed by atoms with Crippen LogP contribution in [0.1, 0.15) is 457 Å². The lowest BCUT2D eigenvalue weighted by molar-refractivity contribution is -0.143. The van der Waals surface area contributed by atoms with Crippen molar-refractivity contribution in [3.8, 4) is 0 Å². The lowest BCUT2D eigenvalue weighted by atomic mass is 10.0. The zero-order valence-electron chi connectivity index (χ0n) is 61.6. The maximum Gasteiger partial charge on any atom is 0.305 e. The lowest BCUT2D eigenvalue weighted by Gasteiger charge is -2.22. The Bertz CT molecular complexity index is 1520. The number of allylic oxidation sites excluding steroid dienone is 8. The second-order valence-corrected chi connectivity index (χ2v) is 28.5. The van der Waals surface area contributed by atoms with Gasteiger partial charge >= 0.3 is 5.97 Å². The van der Waals surface area contributed by atoms with Crippen molar-refractivity contribution in [3.63, 3.8) is 0 Å². The van der Waals surface area contributed by atoms with Gasteiger partial charge in [-0.25, -0.2) is 0 Å². The Morgan fingerprint density at radius 2 is 0.549 bits per heavy atom. The monoisotopic (exact) mass is 1280 g/mol. The number of amides is 1. The summed E-state index contributed by atoms with van der Waals surface area (Å²) in [4.78, 5) is 24.7. The molecule has 0 radical (unpaired) electrons. The number of nitrogens with one attached hydrogen (secondary N) is 1. The van der Waals surface area contributed by atoms with Crippen LogP contribution in [0.4, 0.5) is 0 Å². The highest BCUT2D eigenvalue weighted by molar-refractivity contribution is 5.76. The molecule has 0 aromatic rings. The van der Waals surface area contributed by atoms with Crippen LogP contribution in [0.5, 0.6) is 0 Å². The topological polar surface area (TPSA) is 95.9 Å². The number of hydrogen-bond donors (Lipinski definition) is 3. The number of rotatable bonds is 78. The summed E-state index contributed by atoms with van der Waals surface area (Å²) >= 11 is 0. The predicted molar refractivity (Wildman–Crippen MR) is 402 cm³/mol. The van der Waals surface area contributed by atoms with Crippen molar-refractivity contribution in [3.05, 3.63) is 48.6 Å². The molecular formula is C85H161NO5. The van der Waals surface area contributed by atoms with Gasteiger partial charge in [0.15, 0.2) is 0 Å². The maximum absolute atomic E-state index is 12.6. The summed E-state index contributed by atoms with van der Waals surface area (Å²) in [7, 11) is 0. The normalized spacial score (nSPS) is 12.7. The van der Waals surface area contributed by atoms with Gasteiger partial charge in [-0.1, -0.05) is 403 Å². The number of aliphatic hydroxyl groups excluding tert-OH is 2. The van der Waals surface area contributed by atoms with E-state index in [2.05, 4.69) is 67.8 Å². The highest BCUT2D eigenvalue weighted by Crippen LogP contribution is 2.20. The molecule has 0 heterocycles. The summed E-state index contributed by atoms with van der Waals surface area (Å²) in [6.07, 6.45) is 106. The maximum atomic E-state index is 12.6. The van der Waals surface area contributed by atoms with E-state index in [1.54, 1.807) is 0 Å². The molecule has 536 valence electrons. The second kappa shape index (κ2) is 80.3. The molecule has 0 rings (SSSR count). The fourth-order valence-electron chi connectivity index (χ4n) is 13.1. The molecular weight excluding hydrogens is 1110 g/mol. The molecule has 0 aromatic heterocycles. The molecule has 0 bridgehead atoms. The van der Waals surface area contributed by atoms with E-state index < -0.39 is 12.1 Å². The first-order valence-corrected chi connectivity index (χ1v) is 41.4. The molecule has 2 atom stereocenters. The van der Waals surface area contributed by atoms with Crippen LogP contribution in [-0.2, 0) is 14.3 Å². The zero-order chi connectivity index (χ0) is 65.6. The first kappa shape index (κ1) is 88.8. The number of hydrogen-bond acceptors (Lipinski definition) is 5. The van der Waals surface area contributed by atoms with E-state index in [-0.39, 0.29) is 18.5 Å². The van der Waals surface area contributed by atoms with Crippen LogP contribution < -0.4 is 5.32 Å². The van der Waals surface area contributed by atoms with Gasteiger partial charge in [0.2, 0.25) is 5.91 Å². The fourth-order valence-corrected chi connectivity index (χ4v) is 13.1. The Hall–Kier alpha value is -2.18. The minimum atomic E-state index is -0.663. The van der Waals surface area contributed by atoms with Crippen LogP contribution in [0.25, 0.3) is 0 Å². The summed E-state index contributed by atoms with van der Waals surface area (Å²) in [5, 5.41) is 23.4. The molecule has 2 unspecified atom stereocenters. The van der Waals surface area contributed by atoms with Crippen molar-refractivity contribution in [2.75, 3.05) is 13.2 Å². The fraction of sp³-hybridized carbons (Fsp3) is 0.882. The van der Waals surface area contributed by atoms with Crippen molar-refractivity contribution in [1.82, 2.24) is 5.32 Å². The van der Waals surface area contributed by atoms with Crippen LogP contribution >= 0.6 is 0 Å². The van der Waals surface area contributed by atoms with Gasteiger partial charge in [0.25, 0.3) is 0 Å².